The Bertz CT molecular complexity index is 264. The molecule has 0 aliphatic heterocycles. The Hall–Kier alpha value is -1.10. The number of carbonyl (C=O) groups is 2. The van der Waals surface area contributed by atoms with E-state index in [1.54, 1.807) is 0 Å². The Morgan fingerprint density at radius 2 is 2.12 bits per heavy atom. The summed E-state index contributed by atoms with van der Waals surface area (Å²) < 4.78 is 0. The number of amides is 1. The van der Waals surface area contributed by atoms with Gasteiger partial charge in [0.2, 0.25) is 5.91 Å². The quantitative estimate of drug-likeness (QED) is 0.586. The number of carboxylic acid groups (broad SMARTS) is 1. The van der Waals surface area contributed by atoms with E-state index in [0.717, 1.165) is 12.8 Å². The van der Waals surface area contributed by atoms with Gasteiger partial charge in [-0.3, -0.25) is 4.79 Å². The van der Waals surface area contributed by atoms with Crippen LogP contribution in [0.15, 0.2) is 0 Å². The Morgan fingerprint density at radius 1 is 1.50 bits per heavy atom. The summed E-state index contributed by atoms with van der Waals surface area (Å²) in [6.07, 6.45) is 2.86. The van der Waals surface area contributed by atoms with Crippen LogP contribution in [0.3, 0.4) is 0 Å². The van der Waals surface area contributed by atoms with Gasteiger partial charge in [0.05, 0.1) is 0 Å². The first kappa shape index (κ1) is 13.0. The number of carbonyl (C=O) groups excluding carboxylic acids is 1. The molecule has 0 saturated heterocycles. The number of aliphatic carboxylic acids is 1. The lowest BCUT2D eigenvalue weighted by Crippen LogP contribution is -2.42. The molecule has 0 spiro atoms. The zero-order valence-corrected chi connectivity index (χ0v) is 9.61. The number of nitrogens with two attached hydrogens (primary N) is 1. The van der Waals surface area contributed by atoms with Crippen molar-refractivity contribution in [1.29, 1.82) is 0 Å². The molecule has 1 aliphatic rings. The second kappa shape index (κ2) is 5.84. The van der Waals surface area contributed by atoms with E-state index in [-0.39, 0.29) is 11.8 Å². The molecular formula is C11H20N2O3. The first-order valence-electron chi connectivity index (χ1n) is 5.76. The van der Waals surface area contributed by atoms with Crippen molar-refractivity contribution in [3.8, 4) is 0 Å². The molecule has 0 aromatic rings. The fourth-order valence-corrected chi connectivity index (χ4v) is 1.55. The summed E-state index contributed by atoms with van der Waals surface area (Å²) in [6.45, 7) is 2.53. The number of nitrogens with one attached hydrogen (secondary N) is 1. The van der Waals surface area contributed by atoms with Crippen molar-refractivity contribution >= 4 is 11.9 Å². The first-order valence-corrected chi connectivity index (χ1v) is 5.76. The maximum absolute atomic E-state index is 11.5. The minimum Gasteiger partial charge on any atom is -0.480 e. The molecule has 5 heteroatoms. The molecule has 5 nitrogen and oxygen atoms in total. The van der Waals surface area contributed by atoms with Crippen LogP contribution in [0.2, 0.25) is 0 Å². The Labute approximate surface area is 95.4 Å². The third kappa shape index (κ3) is 4.18. The van der Waals surface area contributed by atoms with Gasteiger partial charge >= 0.3 is 5.97 Å². The van der Waals surface area contributed by atoms with Gasteiger partial charge in [-0.1, -0.05) is 6.92 Å². The van der Waals surface area contributed by atoms with Crippen molar-refractivity contribution < 1.29 is 14.7 Å². The van der Waals surface area contributed by atoms with E-state index in [0.29, 0.717) is 25.3 Å². The fourth-order valence-electron chi connectivity index (χ4n) is 1.55. The molecule has 2 atom stereocenters. The third-order valence-corrected chi connectivity index (χ3v) is 2.94. The van der Waals surface area contributed by atoms with Crippen LogP contribution in [0.1, 0.15) is 32.6 Å². The van der Waals surface area contributed by atoms with Crippen LogP contribution < -0.4 is 11.1 Å². The normalized spacial score (nSPS) is 18.9. The summed E-state index contributed by atoms with van der Waals surface area (Å²) in [4.78, 5) is 22.4. The van der Waals surface area contributed by atoms with Crippen LogP contribution >= 0.6 is 0 Å². The van der Waals surface area contributed by atoms with Gasteiger partial charge in [-0.2, -0.15) is 0 Å². The lowest BCUT2D eigenvalue weighted by Gasteiger charge is -2.14. The van der Waals surface area contributed by atoms with E-state index in [2.05, 4.69) is 5.32 Å². The molecule has 0 aromatic carbocycles. The minimum atomic E-state index is -0.928. The average Bonchev–Trinajstić information content (AvgIpc) is 3.05. The molecule has 16 heavy (non-hydrogen) atoms. The fraction of sp³-hybridized carbons (Fsp3) is 0.818. The summed E-state index contributed by atoms with van der Waals surface area (Å²) in [5.41, 5.74) is 5.44. The third-order valence-electron chi connectivity index (χ3n) is 2.94. The highest BCUT2D eigenvalue weighted by Gasteiger charge is 2.37. The second-order valence-electron chi connectivity index (χ2n) is 4.60. The van der Waals surface area contributed by atoms with Crippen LogP contribution in [0, 0.1) is 11.8 Å². The van der Waals surface area contributed by atoms with E-state index in [9.17, 15) is 9.59 Å². The number of rotatable bonds is 7. The van der Waals surface area contributed by atoms with Crippen molar-refractivity contribution in [2.24, 2.45) is 17.6 Å². The number of hydrogen-bond acceptors (Lipinski definition) is 3. The zero-order chi connectivity index (χ0) is 12.1. The van der Waals surface area contributed by atoms with E-state index < -0.39 is 12.0 Å². The molecule has 1 saturated carbocycles. The molecule has 0 aromatic heterocycles. The smallest absolute Gasteiger partial charge is 0.326 e. The molecule has 0 bridgehead atoms. The van der Waals surface area contributed by atoms with Gasteiger partial charge in [-0.15, -0.1) is 0 Å². The van der Waals surface area contributed by atoms with Gasteiger partial charge in [-0.25, -0.2) is 4.79 Å². The molecule has 1 aliphatic carbocycles. The maximum atomic E-state index is 11.5. The van der Waals surface area contributed by atoms with Gasteiger partial charge in [0.25, 0.3) is 0 Å². The SMILES string of the molecule is CC(CN)CCC(=O)NC(C(=O)O)C1CC1. The molecule has 1 fully saturated rings. The number of carboxylic acids is 1. The molecule has 1 rings (SSSR count). The van der Waals surface area contributed by atoms with Crippen molar-refractivity contribution in [2.45, 2.75) is 38.6 Å². The van der Waals surface area contributed by atoms with Gasteiger partial charge in [0, 0.05) is 6.42 Å². The predicted octanol–water partition coefficient (Wildman–Crippen LogP) is 0.341. The lowest BCUT2D eigenvalue weighted by atomic mass is 10.1. The van der Waals surface area contributed by atoms with Crippen molar-refractivity contribution in [3.05, 3.63) is 0 Å². The summed E-state index contributed by atoms with van der Waals surface area (Å²) in [5, 5.41) is 11.5. The van der Waals surface area contributed by atoms with Gasteiger partial charge < -0.3 is 16.2 Å². The topological polar surface area (TPSA) is 92.4 Å². The van der Waals surface area contributed by atoms with E-state index in [4.69, 9.17) is 10.8 Å². The summed E-state index contributed by atoms with van der Waals surface area (Å²) in [7, 11) is 0. The van der Waals surface area contributed by atoms with Crippen molar-refractivity contribution in [2.75, 3.05) is 6.54 Å². The molecule has 0 heterocycles. The van der Waals surface area contributed by atoms with Crippen LogP contribution in [0.25, 0.3) is 0 Å². The summed E-state index contributed by atoms with van der Waals surface area (Å²) in [5.74, 6) is -0.675. The van der Waals surface area contributed by atoms with E-state index in [1.807, 2.05) is 6.92 Å². The molecule has 0 radical (unpaired) electrons. The number of hydrogen-bond donors (Lipinski definition) is 3. The predicted molar refractivity (Wildman–Crippen MR) is 59.7 cm³/mol. The van der Waals surface area contributed by atoms with Crippen LogP contribution in [-0.4, -0.2) is 29.6 Å². The average molecular weight is 228 g/mol. The highest BCUT2D eigenvalue weighted by Crippen LogP contribution is 2.32. The second-order valence-corrected chi connectivity index (χ2v) is 4.60. The lowest BCUT2D eigenvalue weighted by molar-refractivity contribution is -0.142. The summed E-state index contributed by atoms with van der Waals surface area (Å²) in [6, 6.07) is -0.694. The molecule has 2 unspecified atom stereocenters. The Balaban J connectivity index is 2.28. The van der Waals surface area contributed by atoms with Gasteiger partial charge in [-0.05, 0) is 37.6 Å². The first-order chi connectivity index (χ1) is 7.54. The standard InChI is InChI=1S/C11H20N2O3/c1-7(6-12)2-5-9(14)13-10(11(15)16)8-3-4-8/h7-8,10H,2-6,12H2,1H3,(H,13,14)(H,15,16). The van der Waals surface area contributed by atoms with E-state index >= 15 is 0 Å². The zero-order valence-electron chi connectivity index (χ0n) is 9.61. The maximum Gasteiger partial charge on any atom is 0.326 e. The van der Waals surface area contributed by atoms with Crippen molar-refractivity contribution in [1.82, 2.24) is 5.32 Å². The summed E-state index contributed by atoms with van der Waals surface area (Å²) >= 11 is 0. The molecule has 1 amide bonds. The molecule has 4 N–H and O–H groups in total. The molecular weight excluding hydrogens is 208 g/mol. The van der Waals surface area contributed by atoms with Crippen LogP contribution in [0.4, 0.5) is 0 Å². The van der Waals surface area contributed by atoms with Gasteiger partial charge in [0.1, 0.15) is 6.04 Å². The Kier molecular flexibility index (Phi) is 4.73. The van der Waals surface area contributed by atoms with Crippen LogP contribution in [-0.2, 0) is 9.59 Å². The van der Waals surface area contributed by atoms with Crippen molar-refractivity contribution in [3.63, 3.8) is 0 Å². The Morgan fingerprint density at radius 3 is 2.56 bits per heavy atom. The van der Waals surface area contributed by atoms with Gasteiger partial charge in [0.15, 0.2) is 0 Å². The van der Waals surface area contributed by atoms with Crippen LogP contribution in [0.5, 0.6) is 0 Å². The molecule has 92 valence electrons. The van der Waals surface area contributed by atoms with E-state index in [1.165, 1.54) is 0 Å². The highest BCUT2D eigenvalue weighted by molar-refractivity contribution is 5.83. The highest BCUT2D eigenvalue weighted by atomic mass is 16.4. The monoisotopic (exact) mass is 228 g/mol. The minimum absolute atomic E-state index is 0.133. The largest absolute Gasteiger partial charge is 0.480 e.